The fourth-order valence-corrected chi connectivity index (χ4v) is 11.8. The molecule has 0 saturated heterocycles. The molecule has 6 heteroatoms. The number of aromatic nitrogens is 5. The van der Waals surface area contributed by atoms with Crippen LogP contribution in [-0.4, -0.2) is 24.9 Å². The monoisotopic (exact) mass is 1060 g/mol. The Labute approximate surface area is 480 Å². The average Bonchev–Trinajstić information content (AvgIpc) is 3.75. The highest BCUT2D eigenvalue weighted by Gasteiger charge is 2.20. The fourth-order valence-electron chi connectivity index (χ4n) is 11.8. The van der Waals surface area contributed by atoms with E-state index in [0.717, 1.165) is 117 Å². The van der Waals surface area contributed by atoms with E-state index < -0.39 is 0 Å². The van der Waals surface area contributed by atoms with Gasteiger partial charge in [-0.3, -0.25) is 15.0 Å². The maximum Gasteiger partial charge on any atom is 0.159 e. The molecule has 0 aliphatic heterocycles. The molecule has 0 amide bonds. The van der Waals surface area contributed by atoms with Crippen molar-refractivity contribution in [1.82, 2.24) is 24.9 Å². The lowest BCUT2D eigenvalue weighted by Crippen LogP contribution is -1.95. The number of hydrogen-bond donors (Lipinski definition) is 0. The summed E-state index contributed by atoms with van der Waals surface area (Å²) < 4.78 is 7.25. The molecule has 6 nitrogen and oxygen atoms in total. The van der Waals surface area contributed by atoms with E-state index in [-0.39, 0.29) is 0 Å². The molecular formula is C77H49N5O. The second-order valence-corrected chi connectivity index (χ2v) is 20.8. The third-order valence-electron chi connectivity index (χ3n) is 15.8. The molecule has 0 fully saturated rings. The van der Waals surface area contributed by atoms with Crippen molar-refractivity contribution in [2.75, 3.05) is 0 Å². The maximum absolute atomic E-state index is 7.25. The number of rotatable bonds is 11. The van der Waals surface area contributed by atoms with E-state index in [4.69, 9.17) is 9.72 Å². The van der Waals surface area contributed by atoms with Crippen molar-refractivity contribution in [3.8, 4) is 112 Å². The minimum absolute atomic E-state index is 0.608. The van der Waals surface area contributed by atoms with Gasteiger partial charge in [0, 0.05) is 64.0 Å². The second-order valence-electron chi connectivity index (χ2n) is 20.8. The molecule has 4 heterocycles. The number of ether oxygens (including phenoxy) is 1. The summed E-state index contributed by atoms with van der Waals surface area (Å²) in [4.78, 5) is 23.6. The quantitative estimate of drug-likeness (QED) is 0.0949. The van der Waals surface area contributed by atoms with Crippen LogP contribution < -0.4 is 4.74 Å². The van der Waals surface area contributed by atoms with E-state index in [1.807, 2.05) is 67.1 Å². The predicted octanol–water partition coefficient (Wildman–Crippen LogP) is 20.1. The van der Waals surface area contributed by atoms with Crippen LogP contribution in [0.15, 0.2) is 298 Å². The number of hydrogen-bond acceptors (Lipinski definition) is 6. The van der Waals surface area contributed by atoms with E-state index in [1.165, 1.54) is 21.5 Å². The van der Waals surface area contributed by atoms with Crippen LogP contribution >= 0.6 is 0 Å². The lowest BCUT2D eigenvalue weighted by molar-refractivity contribution is 0.485. The molecule has 0 spiro atoms. The zero-order valence-electron chi connectivity index (χ0n) is 44.9. The molecule has 0 unspecified atom stereocenters. The third-order valence-corrected chi connectivity index (χ3v) is 15.8. The molecule has 0 radical (unpaired) electrons. The van der Waals surface area contributed by atoms with Crippen LogP contribution in [0.1, 0.15) is 0 Å². The number of nitrogens with zero attached hydrogens (tertiary/aromatic N) is 5. The molecule has 0 N–H and O–H groups in total. The van der Waals surface area contributed by atoms with Gasteiger partial charge in [-0.1, -0.05) is 170 Å². The Morgan fingerprint density at radius 2 is 0.687 bits per heavy atom. The Bertz CT molecular complexity index is 4770. The van der Waals surface area contributed by atoms with E-state index in [0.29, 0.717) is 17.3 Å². The summed E-state index contributed by atoms with van der Waals surface area (Å²) in [5.41, 5.74) is 18.7. The topological polar surface area (TPSA) is 73.7 Å². The van der Waals surface area contributed by atoms with Crippen molar-refractivity contribution < 1.29 is 4.74 Å². The van der Waals surface area contributed by atoms with Crippen molar-refractivity contribution in [1.29, 1.82) is 0 Å². The largest absolute Gasteiger partial charge is 0.457 e. The van der Waals surface area contributed by atoms with Gasteiger partial charge in [-0.05, 0) is 185 Å². The van der Waals surface area contributed by atoms with Gasteiger partial charge in [-0.25, -0.2) is 9.97 Å². The minimum Gasteiger partial charge on any atom is -0.457 e. The SMILES string of the molecule is c1ccc(-c2ccc(-c3ccccc3-c3cc(-c4ccccc4-c4ccc(-c5ccccn5)cc4)cc(-c4ccccc4-c4ccc(-c5ncccn5)cc4Oc4ccc5c6cc7ccccc7cc6c6cccnc6c5c4)c3)cc2)nc1. The van der Waals surface area contributed by atoms with Gasteiger partial charge in [0.2, 0.25) is 0 Å². The van der Waals surface area contributed by atoms with Crippen LogP contribution in [-0.2, 0) is 0 Å². The van der Waals surface area contributed by atoms with Crippen LogP contribution in [0.5, 0.6) is 11.5 Å². The minimum atomic E-state index is 0.608. The van der Waals surface area contributed by atoms with Crippen molar-refractivity contribution >= 4 is 43.2 Å². The smallest absolute Gasteiger partial charge is 0.159 e. The van der Waals surface area contributed by atoms with E-state index >= 15 is 0 Å². The van der Waals surface area contributed by atoms with Gasteiger partial charge in [-0.15, -0.1) is 0 Å². The predicted molar refractivity (Wildman–Crippen MR) is 341 cm³/mol. The number of pyridine rings is 3. The lowest BCUT2D eigenvalue weighted by Gasteiger charge is -2.19. The Morgan fingerprint density at radius 1 is 0.229 bits per heavy atom. The first-order valence-corrected chi connectivity index (χ1v) is 27.8. The molecule has 11 aromatic carbocycles. The van der Waals surface area contributed by atoms with E-state index in [2.05, 4.69) is 238 Å². The molecule has 388 valence electrons. The van der Waals surface area contributed by atoms with Crippen LogP contribution in [0.4, 0.5) is 0 Å². The molecule has 15 rings (SSSR count). The van der Waals surface area contributed by atoms with Gasteiger partial charge in [0.25, 0.3) is 0 Å². The zero-order chi connectivity index (χ0) is 55.1. The van der Waals surface area contributed by atoms with Crippen molar-refractivity contribution in [3.05, 3.63) is 298 Å². The van der Waals surface area contributed by atoms with Crippen LogP contribution in [0.3, 0.4) is 0 Å². The highest BCUT2D eigenvalue weighted by Crippen LogP contribution is 2.46. The highest BCUT2D eigenvalue weighted by atomic mass is 16.5. The summed E-state index contributed by atoms with van der Waals surface area (Å²) in [7, 11) is 0. The van der Waals surface area contributed by atoms with Gasteiger partial charge >= 0.3 is 0 Å². The summed E-state index contributed by atoms with van der Waals surface area (Å²) in [6.07, 6.45) is 9.10. The van der Waals surface area contributed by atoms with Crippen LogP contribution in [0.2, 0.25) is 0 Å². The van der Waals surface area contributed by atoms with Gasteiger partial charge in [0.05, 0.1) is 16.9 Å². The first kappa shape index (κ1) is 48.9. The summed E-state index contributed by atoms with van der Waals surface area (Å²) in [5, 5.41) is 7.96. The molecule has 0 aliphatic rings. The van der Waals surface area contributed by atoms with Gasteiger partial charge in [0.15, 0.2) is 5.82 Å². The zero-order valence-corrected chi connectivity index (χ0v) is 44.9. The Hall–Kier alpha value is -11.2. The van der Waals surface area contributed by atoms with Crippen molar-refractivity contribution in [3.63, 3.8) is 0 Å². The number of benzene rings is 11. The standard InChI is InChI=1S/C77H49N5O/c1-2-16-55-47-71-69-23-13-40-80-76(69)72-49-60(35-37-67(72)70(71)46-54(55)15-1)83-75-48-56(77-81-41-14-42-82-77)34-36-68(75)66-22-8-7-21-65(66)59-44-57(63-19-5-3-17-61(63)50-26-30-52(31-27-50)73-24-9-11-38-78-73)43-58(45-59)64-20-6-4-18-62(64)51-28-32-53(33-29-51)74-25-10-12-39-79-74/h1-49H. The molecule has 0 bridgehead atoms. The van der Waals surface area contributed by atoms with E-state index in [1.54, 1.807) is 12.4 Å². The highest BCUT2D eigenvalue weighted by molar-refractivity contribution is 6.26. The summed E-state index contributed by atoms with van der Waals surface area (Å²) in [5.74, 6) is 1.96. The lowest BCUT2D eigenvalue weighted by atomic mass is 9.86. The molecular weight excluding hydrogens is 1010 g/mol. The van der Waals surface area contributed by atoms with Crippen LogP contribution in [0, 0.1) is 0 Å². The normalized spacial score (nSPS) is 11.4. The molecule has 0 atom stereocenters. The van der Waals surface area contributed by atoms with Gasteiger partial charge < -0.3 is 4.74 Å². The van der Waals surface area contributed by atoms with E-state index in [9.17, 15) is 0 Å². The molecule has 0 saturated carbocycles. The average molecular weight is 1060 g/mol. The summed E-state index contributed by atoms with van der Waals surface area (Å²) in [6.45, 7) is 0. The summed E-state index contributed by atoms with van der Waals surface area (Å²) in [6, 6.07) is 94.5. The molecule has 4 aromatic heterocycles. The van der Waals surface area contributed by atoms with Gasteiger partial charge in [-0.2, -0.15) is 0 Å². The van der Waals surface area contributed by atoms with Gasteiger partial charge in [0.1, 0.15) is 11.5 Å². The Balaban J connectivity index is 0.898. The summed E-state index contributed by atoms with van der Waals surface area (Å²) >= 11 is 0. The van der Waals surface area contributed by atoms with Crippen LogP contribution in [0.25, 0.3) is 144 Å². The maximum atomic E-state index is 7.25. The molecule has 15 aromatic rings. The second kappa shape index (κ2) is 21.1. The molecule has 83 heavy (non-hydrogen) atoms. The third kappa shape index (κ3) is 9.30. The van der Waals surface area contributed by atoms with Crippen molar-refractivity contribution in [2.45, 2.75) is 0 Å². The first-order chi connectivity index (χ1) is 41.1. The van der Waals surface area contributed by atoms with Crippen molar-refractivity contribution in [2.24, 2.45) is 0 Å². The fraction of sp³-hybridized carbons (Fsp3) is 0. The first-order valence-electron chi connectivity index (χ1n) is 27.8. The Morgan fingerprint density at radius 3 is 1.24 bits per heavy atom. The number of fused-ring (bicyclic) bond motifs is 7. The molecule has 0 aliphatic carbocycles. The Kier molecular flexibility index (Phi) is 12.4.